The number of anilines is 1. The summed E-state index contributed by atoms with van der Waals surface area (Å²) in [5.41, 5.74) is 3.54. The van der Waals surface area contributed by atoms with E-state index in [2.05, 4.69) is 17.0 Å². The summed E-state index contributed by atoms with van der Waals surface area (Å²) in [6, 6.07) is 11.5. The average molecular weight is 526 g/mol. The number of nitrogens with zero attached hydrogens (tertiary/aromatic N) is 1. The average Bonchev–Trinajstić information content (AvgIpc) is 3.01. The molecule has 0 amide bonds. The van der Waals surface area contributed by atoms with Gasteiger partial charge in [-0.1, -0.05) is 24.6 Å². The first kappa shape index (κ1) is 25.0. The van der Waals surface area contributed by atoms with E-state index in [0.717, 1.165) is 61.7 Å². The molecule has 1 spiro atoms. The highest BCUT2D eigenvalue weighted by atomic mass is 35.5. The molecule has 6 nitrogen and oxygen atoms in total. The van der Waals surface area contributed by atoms with Crippen LogP contribution in [0.5, 0.6) is 5.75 Å². The van der Waals surface area contributed by atoms with E-state index in [0.29, 0.717) is 31.5 Å². The lowest BCUT2D eigenvalue weighted by Gasteiger charge is -2.48. The van der Waals surface area contributed by atoms with Crippen LogP contribution in [0.4, 0.5) is 5.69 Å². The van der Waals surface area contributed by atoms with Crippen LogP contribution in [0.1, 0.15) is 60.5 Å². The summed E-state index contributed by atoms with van der Waals surface area (Å²) in [5, 5.41) is 21.0. The van der Waals surface area contributed by atoms with Gasteiger partial charge in [-0.2, -0.15) is 0 Å². The number of ether oxygens (including phenoxy) is 2. The minimum atomic E-state index is -0.931. The quantitative estimate of drug-likeness (QED) is 0.562. The number of halogens is 1. The molecule has 2 N–H and O–H groups in total. The summed E-state index contributed by atoms with van der Waals surface area (Å²) in [6.45, 7) is 4.80. The number of aryl methyl sites for hydroxylation is 1. The van der Waals surface area contributed by atoms with Gasteiger partial charge in [0, 0.05) is 35.9 Å². The summed E-state index contributed by atoms with van der Waals surface area (Å²) < 4.78 is 12.7. The number of carboxylic acid groups (broad SMARTS) is 1. The molecule has 1 saturated heterocycles. The molecule has 2 heterocycles. The Labute approximate surface area is 223 Å². The lowest BCUT2D eigenvalue weighted by atomic mass is 9.67. The molecule has 1 saturated carbocycles. The van der Waals surface area contributed by atoms with Crippen LogP contribution < -0.4 is 9.64 Å². The Morgan fingerprint density at radius 1 is 1.22 bits per heavy atom. The molecule has 2 aliphatic heterocycles. The SMILES string of the molecule is C[C@H]1CO[C@H]([C@@H]2CC[C@H]2CN2CC3(CCCc4cc(Cl)ccc43)COc3ccc(C(=O)O)cc32)C[C@@H]1O. The third kappa shape index (κ3) is 4.62. The fourth-order valence-electron chi connectivity index (χ4n) is 7.06. The normalized spacial score (nSPS) is 33.1. The molecular formula is C30H36ClNO5. The van der Waals surface area contributed by atoms with Gasteiger partial charge in [0.25, 0.3) is 0 Å². The van der Waals surface area contributed by atoms with Gasteiger partial charge in [-0.05, 0) is 85.4 Å². The highest BCUT2D eigenvalue weighted by Crippen LogP contribution is 2.47. The standard InChI is InChI=1S/C30H36ClNO5/c1-18-15-36-28(13-26(18)33)23-7-4-21(23)14-32-16-30(10-2-3-19-11-22(31)6-8-24(19)30)17-37-27-9-5-20(29(34)35)12-25(27)32/h5-6,8-9,11-12,18,21,23,26,28,33H,2-4,7,10,13-17H2,1H3,(H,34,35)/t18-,21-,23+,26-,28-,30?/m0/s1. The zero-order valence-electron chi connectivity index (χ0n) is 21.4. The minimum Gasteiger partial charge on any atom is -0.490 e. The van der Waals surface area contributed by atoms with Crippen molar-refractivity contribution in [2.45, 2.75) is 63.1 Å². The third-order valence-electron chi connectivity index (χ3n) is 9.40. The van der Waals surface area contributed by atoms with Crippen LogP contribution in [0.2, 0.25) is 5.02 Å². The molecule has 7 heteroatoms. The van der Waals surface area contributed by atoms with Gasteiger partial charge in [0.15, 0.2) is 0 Å². The molecule has 198 valence electrons. The van der Waals surface area contributed by atoms with E-state index in [4.69, 9.17) is 21.1 Å². The Hall–Kier alpha value is -2.28. The van der Waals surface area contributed by atoms with Crippen molar-refractivity contribution in [2.75, 3.05) is 31.2 Å². The Kier molecular flexibility index (Phi) is 6.62. The third-order valence-corrected chi connectivity index (χ3v) is 9.63. The largest absolute Gasteiger partial charge is 0.490 e. The maximum atomic E-state index is 11.9. The number of aliphatic hydroxyl groups excluding tert-OH is 1. The molecule has 6 rings (SSSR count). The van der Waals surface area contributed by atoms with Crippen LogP contribution in [-0.2, 0) is 16.6 Å². The van der Waals surface area contributed by atoms with E-state index in [1.165, 1.54) is 11.1 Å². The molecule has 2 aliphatic carbocycles. The Morgan fingerprint density at radius 2 is 2.08 bits per heavy atom. The lowest BCUT2D eigenvalue weighted by molar-refractivity contribution is -0.124. The number of aliphatic hydroxyl groups is 1. The summed E-state index contributed by atoms with van der Waals surface area (Å²) in [4.78, 5) is 14.2. The minimum absolute atomic E-state index is 0.0875. The van der Waals surface area contributed by atoms with Gasteiger partial charge >= 0.3 is 5.97 Å². The lowest BCUT2D eigenvalue weighted by Crippen LogP contribution is -2.51. The molecule has 0 radical (unpaired) electrons. The molecule has 37 heavy (non-hydrogen) atoms. The molecular weight excluding hydrogens is 490 g/mol. The van der Waals surface area contributed by atoms with Crippen LogP contribution in [0, 0.1) is 17.8 Å². The number of benzene rings is 2. The second-order valence-electron chi connectivity index (χ2n) is 11.7. The van der Waals surface area contributed by atoms with Crippen LogP contribution in [0.3, 0.4) is 0 Å². The topological polar surface area (TPSA) is 79.2 Å². The van der Waals surface area contributed by atoms with E-state index in [9.17, 15) is 15.0 Å². The molecule has 2 fully saturated rings. The predicted molar refractivity (Wildman–Crippen MR) is 143 cm³/mol. The molecule has 2 aromatic carbocycles. The van der Waals surface area contributed by atoms with Crippen LogP contribution >= 0.6 is 11.6 Å². The van der Waals surface area contributed by atoms with Crippen molar-refractivity contribution >= 4 is 23.3 Å². The number of aromatic carboxylic acids is 1. The van der Waals surface area contributed by atoms with Crippen molar-refractivity contribution in [2.24, 2.45) is 17.8 Å². The number of carbonyl (C=O) groups is 1. The highest BCUT2D eigenvalue weighted by Gasteiger charge is 2.45. The Bertz CT molecular complexity index is 1190. The molecule has 0 aromatic heterocycles. The van der Waals surface area contributed by atoms with E-state index >= 15 is 0 Å². The van der Waals surface area contributed by atoms with Crippen molar-refractivity contribution in [3.05, 3.63) is 58.1 Å². The fourth-order valence-corrected chi connectivity index (χ4v) is 7.26. The van der Waals surface area contributed by atoms with Gasteiger partial charge in [0.05, 0.1) is 36.7 Å². The molecule has 0 bridgehead atoms. The number of rotatable bonds is 4. The van der Waals surface area contributed by atoms with Crippen LogP contribution in [-0.4, -0.2) is 54.7 Å². The van der Waals surface area contributed by atoms with E-state index in [-0.39, 0.29) is 29.1 Å². The maximum absolute atomic E-state index is 11.9. The first-order chi connectivity index (χ1) is 17.8. The smallest absolute Gasteiger partial charge is 0.335 e. The number of carboxylic acids is 1. The summed E-state index contributed by atoms with van der Waals surface area (Å²) in [7, 11) is 0. The van der Waals surface area contributed by atoms with Gasteiger partial charge in [0.2, 0.25) is 0 Å². The van der Waals surface area contributed by atoms with Gasteiger partial charge in [-0.3, -0.25) is 0 Å². The Morgan fingerprint density at radius 3 is 2.84 bits per heavy atom. The van der Waals surface area contributed by atoms with Crippen molar-refractivity contribution < 1.29 is 24.5 Å². The van der Waals surface area contributed by atoms with Gasteiger partial charge < -0.3 is 24.6 Å². The molecule has 1 unspecified atom stereocenters. The van der Waals surface area contributed by atoms with Crippen LogP contribution in [0.25, 0.3) is 0 Å². The first-order valence-electron chi connectivity index (χ1n) is 13.7. The monoisotopic (exact) mass is 525 g/mol. The van der Waals surface area contributed by atoms with Gasteiger partial charge in [-0.15, -0.1) is 0 Å². The fraction of sp³-hybridized carbons (Fsp3) is 0.567. The van der Waals surface area contributed by atoms with E-state index in [1.54, 1.807) is 12.1 Å². The number of hydrogen-bond donors (Lipinski definition) is 2. The summed E-state index contributed by atoms with van der Waals surface area (Å²) >= 11 is 6.36. The van der Waals surface area contributed by atoms with Crippen molar-refractivity contribution in [3.63, 3.8) is 0 Å². The van der Waals surface area contributed by atoms with Gasteiger partial charge in [0.1, 0.15) is 5.75 Å². The maximum Gasteiger partial charge on any atom is 0.335 e. The molecule has 4 aliphatic rings. The van der Waals surface area contributed by atoms with E-state index in [1.807, 2.05) is 19.1 Å². The highest BCUT2D eigenvalue weighted by molar-refractivity contribution is 6.30. The Balaban J connectivity index is 1.33. The van der Waals surface area contributed by atoms with E-state index < -0.39 is 5.97 Å². The zero-order chi connectivity index (χ0) is 25.7. The predicted octanol–water partition coefficient (Wildman–Crippen LogP) is 5.32. The van der Waals surface area contributed by atoms with Gasteiger partial charge in [-0.25, -0.2) is 4.79 Å². The number of hydrogen-bond acceptors (Lipinski definition) is 5. The summed E-state index contributed by atoms with van der Waals surface area (Å²) in [6.07, 6.45) is 5.79. The number of fused-ring (bicyclic) bond motifs is 3. The van der Waals surface area contributed by atoms with Crippen LogP contribution in [0.15, 0.2) is 36.4 Å². The van der Waals surface area contributed by atoms with Crippen molar-refractivity contribution in [1.82, 2.24) is 0 Å². The first-order valence-corrected chi connectivity index (χ1v) is 14.0. The van der Waals surface area contributed by atoms with Crippen molar-refractivity contribution in [3.8, 4) is 5.75 Å². The van der Waals surface area contributed by atoms with Crippen molar-refractivity contribution in [1.29, 1.82) is 0 Å². The molecule has 2 aromatic rings. The zero-order valence-corrected chi connectivity index (χ0v) is 22.1. The molecule has 6 atom stereocenters. The second-order valence-corrected chi connectivity index (χ2v) is 12.2. The summed E-state index contributed by atoms with van der Waals surface area (Å²) in [5.74, 6) is 0.830. The second kappa shape index (κ2) is 9.79.